The Kier molecular flexibility index (Phi) is 11.4. The fourth-order valence-corrected chi connectivity index (χ4v) is 10.7. The SMILES string of the molecule is C=CCN(C(=O)C1N(CCCCCCO)C(=O)[C@@H]2[C@@H](C(=O)N(CC=C)c3ccccc3)[C@@]3(C)CCC12S3)c1ccc(N(CC)CC)cc1. The predicted octanol–water partition coefficient (Wildman–Crippen LogP) is 6.31. The highest BCUT2D eigenvalue weighted by atomic mass is 32.2. The molecule has 48 heavy (non-hydrogen) atoms. The molecule has 1 N–H and O–H groups in total. The van der Waals surface area contributed by atoms with Crippen LogP contribution in [0.2, 0.25) is 0 Å². The second kappa shape index (κ2) is 15.3. The van der Waals surface area contributed by atoms with Gasteiger partial charge in [-0.3, -0.25) is 14.4 Å². The zero-order valence-corrected chi connectivity index (χ0v) is 29.7. The molecule has 3 amide bonds. The van der Waals surface area contributed by atoms with Crippen LogP contribution in [-0.4, -0.2) is 82.6 Å². The molecule has 0 radical (unpaired) electrons. The molecule has 2 aromatic carbocycles. The van der Waals surface area contributed by atoms with Gasteiger partial charge in [-0.15, -0.1) is 24.9 Å². The van der Waals surface area contributed by atoms with E-state index in [1.54, 1.807) is 33.7 Å². The molecule has 3 saturated heterocycles. The molecule has 3 heterocycles. The molecule has 2 bridgehead atoms. The molecule has 3 aliphatic rings. The Morgan fingerprint density at radius 2 is 1.46 bits per heavy atom. The van der Waals surface area contributed by atoms with Crippen molar-refractivity contribution in [3.63, 3.8) is 0 Å². The van der Waals surface area contributed by atoms with Crippen LogP contribution in [0.3, 0.4) is 0 Å². The summed E-state index contributed by atoms with van der Waals surface area (Å²) < 4.78 is -1.20. The van der Waals surface area contributed by atoms with Gasteiger partial charge in [-0.25, -0.2) is 0 Å². The molecule has 0 saturated carbocycles. The van der Waals surface area contributed by atoms with E-state index in [2.05, 4.69) is 51.0 Å². The van der Waals surface area contributed by atoms with Gasteiger partial charge in [0.05, 0.1) is 16.6 Å². The van der Waals surface area contributed by atoms with Crippen molar-refractivity contribution in [1.82, 2.24) is 4.90 Å². The molecule has 2 aromatic rings. The number of unbranched alkanes of at least 4 members (excludes halogenated alkanes) is 3. The zero-order valence-electron chi connectivity index (χ0n) is 28.9. The Hall–Kier alpha value is -3.56. The number of hydrogen-bond acceptors (Lipinski definition) is 6. The van der Waals surface area contributed by atoms with Crippen LogP contribution in [0.25, 0.3) is 0 Å². The first-order valence-corrected chi connectivity index (χ1v) is 18.4. The first kappa shape index (κ1) is 35.7. The minimum atomic E-state index is -0.717. The average molecular weight is 673 g/mol. The van der Waals surface area contributed by atoms with Gasteiger partial charge in [-0.05, 0) is 82.9 Å². The molecule has 0 aromatic heterocycles. The highest BCUT2D eigenvalue weighted by Crippen LogP contribution is 2.71. The number of anilines is 3. The van der Waals surface area contributed by atoms with Gasteiger partial charge in [0.1, 0.15) is 6.04 Å². The van der Waals surface area contributed by atoms with Crippen molar-refractivity contribution < 1.29 is 19.5 Å². The highest BCUT2D eigenvalue weighted by Gasteiger charge is 2.77. The number of thioether (sulfide) groups is 1. The molecule has 8 nitrogen and oxygen atoms in total. The van der Waals surface area contributed by atoms with Crippen molar-refractivity contribution in [2.45, 2.75) is 74.8 Å². The number of carbonyl (C=O) groups is 3. The van der Waals surface area contributed by atoms with Crippen LogP contribution in [0.1, 0.15) is 59.3 Å². The molecule has 2 unspecified atom stereocenters. The van der Waals surface area contributed by atoms with E-state index in [0.29, 0.717) is 32.5 Å². The molecule has 1 spiro atoms. The lowest BCUT2D eigenvalue weighted by atomic mass is 9.66. The number of amides is 3. The van der Waals surface area contributed by atoms with E-state index in [9.17, 15) is 14.7 Å². The molecule has 3 fully saturated rings. The zero-order chi connectivity index (χ0) is 34.5. The number of fused-ring (bicyclic) bond motifs is 1. The third-order valence-electron chi connectivity index (χ3n) is 10.6. The summed E-state index contributed by atoms with van der Waals surface area (Å²) in [6, 6.07) is 16.9. The molecule has 258 valence electrons. The minimum absolute atomic E-state index is 0.0815. The number of nitrogens with zero attached hydrogens (tertiary/aromatic N) is 4. The number of para-hydroxylation sites is 1. The van der Waals surface area contributed by atoms with Gasteiger partial charge in [0.15, 0.2) is 0 Å². The smallest absolute Gasteiger partial charge is 0.251 e. The fraction of sp³-hybridized carbons (Fsp3) is 0.513. The summed E-state index contributed by atoms with van der Waals surface area (Å²) in [4.78, 5) is 52.1. The summed E-state index contributed by atoms with van der Waals surface area (Å²) in [6.07, 6.45) is 8.05. The molecule has 5 atom stereocenters. The van der Waals surface area contributed by atoms with Gasteiger partial charge < -0.3 is 24.7 Å². The van der Waals surface area contributed by atoms with E-state index in [4.69, 9.17) is 0 Å². The summed E-state index contributed by atoms with van der Waals surface area (Å²) in [7, 11) is 0. The lowest BCUT2D eigenvalue weighted by Gasteiger charge is -2.38. The lowest BCUT2D eigenvalue weighted by Crippen LogP contribution is -2.55. The Morgan fingerprint density at radius 1 is 0.875 bits per heavy atom. The molecular formula is C39H52N4O4S. The van der Waals surface area contributed by atoms with E-state index in [-0.39, 0.29) is 24.3 Å². The van der Waals surface area contributed by atoms with Gasteiger partial charge in [-0.1, -0.05) is 43.2 Å². The van der Waals surface area contributed by atoms with E-state index >= 15 is 4.79 Å². The Balaban J connectivity index is 1.54. The van der Waals surface area contributed by atoms with Crippen molar-refractivity contribution in [3.8, 4) is 0 Å². The van der Waals surface area contributed by atoms with Crippen LogP contribution in [-0.2, 0) is 14.4 Å². The predicted molar refractivity (Wildman–Crippen MR) is 198 cm³/mol. The van der Waals surface area contributed by atoms with Gasteiger partial charge in [-0.2, -0.15) is 0 Å². The van der Waals surface area contributed by atoms with Crippen molar-refractivity contribution in [2.24, 2.45) is 11.8 Å². The Morgan fingerprint density at radius 3 is 2.06 bits per heavy atom. The standard InChI is InChI=1S/C39H52N4O4S/c1-6-25-41(30-17-13-12-14-18-30)35(45)32-33-36(46)43(27-15-10-11-16-28-44)34(39(33)24-23-38(32,5)48-39)37(47)42(26-7-2)31-21-19-29(20-22-31)40(8-3)9-4/h6-7,12-14,17-22,32-34,44H,1-2,8-11,15-16,23-28H2,3-5H3/t32-,33-,34?,38+,39?/m0/s1. The van der Waals surface area contributed by atoms with Crippen LogP contribution < -0.4 is 14.7 Å². The quantitative estimate of drug-likeness (QED) is 0.157. The summed E-state index contributed by atoms with van der Waals surface area (Å²) in [5, 5.41) is 9.31. The second-order valence-corrected chi connectivity index (χ2v) is 15.3. The van der Waals surface area contributed by atoms with Crippen molar-refractivity contribution in [1.29, 1.82) is 0 Å². The maximum atomic E-state index is 15.0. The van der Waals surface area contributed by atoms with E-state index in [0.717, 1.165) is 55.8 Å². The maximum Gasteiger partial charge on any atom is 0.251 e. The van der Waals surface area contributed by atoms with Gasteiger partial charge in [0.2, 0.25) is 11.8 Å². The average Bonchev–Trinajstić information content (AvgIpc) is 3.67. The number of rotatable bonds is 17. The summed E-state index contributed by atoms with van der Waals surface area (Å²) in [6.45, 7) is 17.3. The largest absolute Gasteiger partial charge is 0.396 e. The normalized spacial score (nSPS) is 25.5. The molecule has 3 aliphatic heterocycles. The second-order valence-electron chi connectivity index (χ2n) is 13.4. The molecule has 5 rings (SSSR count). The number of likely N-dealkylation sites (tertiary alicyclic amines) is 1. The fourth-order valence-electron chi connectivity index (χ4n) is 8.33. The van der Waals surface area contributed by atoms with Crippen molar-refractivity contribution >= 4 is 46.5 Å². The first-order chi connectivity index (χ1) is 23.2. The van der Waals surface area contributed by atoms with Crippen LogP contribution in [0.5, 0.6) is 0 Å². The van der Waals surface area contributed by atoms with E-state index < -0.39 is 27.4 Å². The van der Waals surface area contributed by atoms with Crippen LogP contribution in [0.4, 0.5) is 17.1 Å². The Labute approximate surface area is 290 Å². The number of carbonyl (C=O) groups excluding carboxylic acids is 3. The Bertz CT molecular complexity index is 1460. The molecular weight excluding hydrogens is 621 g/mol. The van der Waals surface area contributed by atoms with Gasteiger partial charge >= 0.3 is 0 Å². The number of aliphatic hydroxyl groups excluding tert-OH is 1. The van der Waals surface area contributed by atoms with E-state index in [1.165, 1.54) is 0 Å². The van der Waals surface area contributed by atoms with Crippen LogP contribution in [0, 0.1) is 11.8 Å². The monoisotopic (exact) mass is 672 g/mol. The summed E-state index contributed by atoms with van der Waals surface area (Å²) >= 11 is 1.70. The molecule has 0 aliphatic carbocycles. The van der Waals surface area contributed by atoms with Crippen molar-refractivity contribution in [3.05, 3.63) is 79.9 Å². The van der Waals surface area contributed by atoms with Gasteiger partial charge in [0.25, 0.3) is 5.91 Å². The van der Waals surface area contributed by atoms with Crippen LogP contribution >= 0.6 is 11.8 Å². The minimum Gasteiger partial charge on any atom is -0.396 e. The first-order valence-electron chi connectivity index (χ1n) is 17.6. The van der Waals surface area contributed by atoms with Crippen LogP contribution in [0.15, 0.2) is 79.9 Å². The highest BCUT2D eigenvalue weighted by molar-refractivity contribution is 8.02. The topological polar surface area (TPSA) is 84.4 Å². The van der Waals surface area contributed by atoms with Gasteiger partial charge in [0, 0.05) is 61.1 Å². The number of aliphatic hydroxyl groups is 1. The third kappa shape index (κ3) is 6.43. The third-order valence-corrected chi connectivity index (χ3v) is 12.6. The number of hydrogen-bond donors (Lipinski definition) is 1. The maximum absolute atomic E-state index is 15.0. The molecule has 9 heteroatoms. The summed E-state index contributed by atoms with van der Waals surface area (Å²) in [5.41, 5.74) is 2.64. The van der Waals surface area contributed by atoms with Crippen molar-refractivity contribution in [2.75, 3.05) is 54.0 Å². The summed E-state index contributed by atoms with van der Waals surface area (Å²) in [5.74, 6) is -1.46. The van der Waals surface area contributed by atoms with E-state index in [1.807, 2.05) is 47.4 Å². The number of benzene rings is 2. The lowest BCUT2D eigenvalue weighted by molar-refractivity contribution is -0.139.